The van der Waals surface area contributed by atoms with E-state index >= 15 is 0 Å². The number of anilines is 2. The Hall–Kier alpha value is -2.63. The molecule has 2 aliphatic rings. The summed E-state index contributed by atoms with van der Waals surface area (Å²) < 4.78 is 0. The summed E-state index contributed by atoms with van der Waals surface area (Å²) in [6.45, 7) is 5.66. The van der Waals surface area contributed by atoms with Crippen LogP contribution >= 0.6 is 0 Å². The lowest BCUT2D eigenvalue weighted by atomic mass is 10.2. The highest BCUT2D eigenvalue weighted by molar-refractivity contribution is 5.92. The van der Waals surface area contributed by atoms with E-state index < -0.39 is 0 Å². The molecule has 6 nitrogen and oxygen atoms in total. The van der Waals surface area contributed by atoms with Gasteiger partial charge in [0.15, 0.2) is 0 Å². The fraction of sp³-hybridized carbons (Fsp3) is 0.476. The zero-order valence-electron chi connectivity index (χ0n) is 15.9. The van der Waals surface area contributed by atoms with Crippen molar-refractivity contribution in [2.24, 2.45) is 0 Å². The van der Waals surface area contributed by atoms with Crippen molar-refractivity contribution in [2.75, 3.05) is 36.0 Å². The number of carbonyl (C=O) groups excluding carboxylic acids is 1. The average Bonchev–Trinajstić information content (AvgIpc) is 3.21. The highest BCUT2D eigenvalue weighted by Gasteiger charge is 2.22. The molecule has 1 saturated heterocycles. The van der Waals surface area contributed by atoms with Crippen molar-refractivity contribution in [2.45, 2.75) is 38.6 Å². The van der Waals surface area contributed by atoms with E-state index in [1.807, 2.05) is 0 Å². The molecular weight excluding hydrogens is 338 g/mol. The molecule has 0 unspecified atom stereocenters. The number of hydrogen-bond donors (Lipinski definition) is 1. The van der Waals surface area contributed by atoms with Crippen LogP contribution < -0.4 is 15.1 Å². The number of nitrogens with one attached hydrogen (secondary N) is 1. The van der Waals surface area contributed by atoms with Gasteiger partial charge in [0.25, 0.3) is 5.91 Å². The second kappa shape index (κ2) is 7.94. The van der Waals surface area contributed by atoms with E-state index in [2.05, 4.69) is 56.3 Å². The van der Waals surface area contributed by atoms with E-state index in [1.165, 1.54) is 24.1 Å². The van der Waals surface area contributed by atoms with Crippen LogP contribution in [0.5, 0.6) is 0 Å². The Kier molecular flexibility index (Phi) is 5.23. The number of aryl methyl sites for hydroxylation is 1. The molecule has 2 aromatic rings. The maximum absolute atomic E-state index is 12.5. The SMILES string of the molecule is Cc1cccc(N2CCN(c3nccc(C(=O)NC4CCCC4)n3)CC2)c1. The van der Waals surface area contributed by atoms with E-state index in [-0.39, 0.29) is 5.91 Å². The van der Waals surface area contributed by atoms with E-state index in [0.29, 0.717) is 17.7 Å². The lowest BCUT2D eigenvalue weighted by Gasteiger charge is -2.36. The first kappa shape index (κ1) is 17.8. The summed E-state index contributed by atoms with van der Waals surface area (Å²) in [4.78, 5) is 26.0. The van der Waals surface area contributed by atoms with Crippen molar-refractivity contribution in [3.63, 3.8) is 0 Å². The highest BCUT2D eigenvalue weighted by atomic mass is 16.1. The standard InChI is InChI=1S/C21H27N5O/c1-16-5-4-8-18(15-16)25-11-13-26(14-12-25)21-22-10-9-19(24-21)20(27)23-17-6-2-3-7-17/h4-5,8-10,15,17H,2-3,6-7,11-14H2,1H3,(H,23,27). The second-order valence-corrected chi connectivity index (χ2v) is 7.51. The van der Waals surface area contributed by atoms with Crippen molar-refractivity contribution in [3.8, 4) is 0 Å². The van der Waals surface area contributed by atoms with Gasteiger partial charge in [-0.05, 0) is 43.5 Å². The maximum Gasteiger partial charge on any atom is 0.270 e. The van der Waals surface area contributed by atoms with Gasteiger partial charge < -0.3 is 15.1 Å². The molecular formula is C21H27N5O. The van der Waals surface area contributed by atoms with Crippen LogP contribution in [0.2, 0.25) is 0 Å². The Morgan fingerprint density at radius 2 is 1.81 bits per heavy atom. The Balaban J connectivity index is 1.39. The Bertz CT molecular complexity index is 795. The van der Waals surface area contributed by atoms with Gasteiger partial charge in [0.1, 0.15) is 5.69 Å². The van der Waals surface area contributed by atoms with Gasteiger partial charge in [0.05, 0.1) is 0 Å². The Morgan fingerprint density at radius 3 is 2.56 bits per heavy atom. The van der Waals surface area contributed by atoms with Gasteiger partial charge in [-0.1, -0.05) is 25.0 Å². The molecule has 1 saturated carbocycles. The molecule has 0 atom stereocenters. The second-order valence-electron chi connectivity index (χ2n) is 7.51. The topological polar surface area (TPSA) is 61.4 Å². The third-order valence-electron chi connectivity index (χ3n) is 5.50. The molecule has 2 fully saturated rings. The number of amides is 1. The van der Waals surface area contributed by atoms with Gasteiger partial charge in [0.2, 0.25) is 5.95 Å². The number of rotatable bonds is 4. The fourth-order valence-corrected chi connectivity index (χ4v) is 3.95. The fourth-order valence-electron chi connectivity index (χ4n) is 3.95. The molecule has 1 aromatic heterocycles. The predicted octanol–water partition coefficient (Wildman–Crippen LogP) is 2.78. The first-order valence-corrected chi connectivity index (χ1v) is 9.89. The minimum atomic E-state index is -0.0797. The molecule has 6 heteroatoms. The summed E-state index contributed by atoms with van der Waals surface area (Å²) in [5.41, 5.74) is 3.01. The number of benzene rings is 1. The molecule has 0 spiro atoms. The van der Waals surface area contributed by atoms with Crippen LogP contribution in [0.25, 0.3) is 0 Å². The van der Waals surface area contributed by atoms with Crippen LogP contribution in [-0.2, 0) is 0 Å². The van der Waals surface area contributed by atoms with Gasteiger partial charge in [-0.15, -0.1) is 0 Å². The molecule has 1 aliphatic heterocycles. The van der Waals surface area contributed by atoms with Crippen molar-refractivity contribution in [1.29, 1.82) is 0 Å². The first-order chi connectivity index (χ1) is 13.2. The monoisotopic (exact) mass is 365 g/mol. The molecule has 27 heavy (non-hydrogen) atoms. The van der Waals surface area contributed by atoms with Crippen LogP contribution in [0.15, 0.2) is 36.5 Å². The molecule has 0 bridgehead atoms. The Morgan fingerprint density at radius 1 is 1.07 bits per heavy atom. The van der Waals surface area contributed by atoms with Crippen LogP contribution in [-0.4, -0.2) is 48.1 Å². The minimum absolute atomic E-state index is 0.0797. The molecule has 1 amide bonds. The van der Waals surface area contributed by atoms with Crippen LogP contribution in [0.4, 0.5) is 11.6 Å². The van der Waals surface area contributed by atoms with Gasteiger partial charge in [-0.2, -0.15) is 0 Å². The molecule has 142 valence electrons. The molecule has 0 radical (unpaired) electrons. The van der Waals surface area contributed by atoms with Gasteiger partial charge >= 0.3 is 0 Å². The average molecular weight is 365 g/mol. The van der Waals surface area contributed by atoms with Crippen molar-refractivity contribution in [1.82, 2.24) is 15.3 Å². The number of nitrogens with zero attached hydrogens (tertiary/aromatic N) is 4. The summed E-state index contributed by atoms with van der Waals surface area (Å²) in [5, 5.41) is 3.10. The quantitative estimate of drug-likeness (QED) is 0.903. The van der Waals surface area contributed by atoms with Gasteiger partial charge in [-0.25, -0.2) is 9.97 Å². The Labute approximate surface area is 160 Å². The van der Waals surface area contributed by atoms with Crippen molar-refractivity contribution in [3.05, 3.63) is 47.8 Å². The third kappa shape index (κ3) is 4.21. The van der Waals surface area contributed by atoms with E-state index in [1.54, 1.807) is 12.3 Å². The van der Waals surface area contributed by atoms with E-state index in [4.69, 9.17) is 0 Å². The molecule has 1 aliphatic carbocycles. The molecule has 2 heterocycles. The summed E-state index contributed by atoms with van der Waals surface area (Å²) in [6, 6.07) is 10.6. The highest BCUT2D eigenvalue weighted by Crippen LogP contribution is 2.20. The number of carbonyl (C=O) groups is 1. The van der Waals surface area contributed by atoms with Crippen LogP contribution in [0.1, 0.15) is 41.7 Å². The molecule has 1 aromatic carbocycles. The smallest absolute Gasteiger partial charge is 0.270 e. The zero-order valence-corrected chi connectivity index (χ0v) is 15.9. The zero-order chi connectivity index (χ0) is 18.6. The number of aromatic nitrogens is 2. The summed E-state index contributed by atoms with van der Waals surface area (Å²) in [5.74, 6) is 0.571. The first-order valence-electron chi connectivity index (χ1n) is 9.89. The normalized spacial score (nSPS) is 18.0. The largest absolute Gasteiger partial charge is 0.368 e. The molecule has 1 N–H and O–H groups in total. The lowest BCUT2D eigenvalue weighted by Crippen LogP contribution is -2.47. The number of hydrogen-bond acceptors (Lipinski definition) is 5. The summed E-state index contributed by atoms with van der Waals surface area (Å²) >= 11 is 0. The summed E-state index contributed by atoms with van der Waals surface area (Å²) in [6.07, 6.45) is 6.24. The van der Waals surface area contributed by atoms with E-state index in [9.17, 15) is 4.79 Å². The van der Waals surface area contributed by atoms with Crippen LogP contribution in [0.3, 0.4) is 0 Å². The minimum Gasteiger partial charge on any atom is -0.368 e. The van der Waals surface area contributed by atoms with Gasteiger partial charge in [0, 0.05) is 44.1 Å². The van der Waals surface area contributed by atoms with Gasteiger partial charge in [-0.3, -0.25) is 4.79 Å². The predicted molar refractivity (Wildman–Crippen MR) is 107 cm³/mol. The van der Waals surface area contributed by atoms with Crippen LogP contribution in [0, 0.1) is 6.92 Å². The van der Waals surface area contributed by atoms with Crippen molar-refractivity contribution < 1.29 is 4.79 Å². The van der Waals surface area contributed by atoms with E-state index in [0.717, 1.165) is 39.0 Å². The maximum atomic E-state index is 12.5. The number of piperazine rings is 1. The summed E-state index contributed by atoms with van der Waals surface area (Å²) in [7, 11) is 0. The third-order valence-corrected chi connectivity index (χ3v) is 5.50. The lowest BCUT2D eigenvalue weighted by molar-refractivity contribution is 0.0932. The van der Waals surface area contributed by atoms with Crippen molar-refractivity contribution >= 4 is 17.5 Å². The molecule has 4 rings (SSSR count).